The standard InChI is InChI=1S/C13H17Cl/c1-10(2)13-6-4-12(5-7-13)8-11(3)9-14/h4-8,10H,9H2,1-3H3. The third-order valence-electron chi connectivity index (χ3n) is 2.23. The number of allylic oxidation sites excluding steroid dienone is 1. The lowest BCUT2D eigenvalue weighted by molar-refractivity contribution is 0.866. The molecule has 0 unspecified atom stereocenters. The molecular formula is C13H17Cl. The molecule has 1 rings (SSSR count). The van der Waals surface area contributed by atoms with Crippen LogP contribution in [0.5, 0.6) is 0 Å². The van der Waals surface area contributed by atoms with Crippen molar-refractivity contribution >= 4 is 17.7 Å². The predicted molar refractivity (Wildman–Crippen MR) is 64.9 cm³/mol. The lowest BCUT2D eigenvalue weighted by Gasteiger charge is -2.05. The highest BCUT2D eigenvalue weighted by Gasteiger charge is 1.97. The van der Waals surface area contributed by atoms with Crippen molar-refractivity contribution in [2.75, 3.05) is 5.88 Å². The largest absolute Gasteiger partial charge is 0.122 e. The minimum Gasteiger partial charge on any atom is -0.122 e. The van der Waals surface area contributed by atoms with E-state index in [1.165, 1.54) is 16.7 Å². The van der Waals surface area contributed by atoms with E-state index in [1.807, 2.05) is 6.92 Å². The van der Waals surface area contributed by atoms with Crippen molar-refractivity contribution in [3.63, 3.8) is 0 Å². The van der Waals surface area contributed by atoms with Crippen LogP contribution in [0.1, 0.15) is 37.8 Å². The number of hydrogen-bond donors (Lipinski definition) is 0. The van der Waals surface area contributed by atoms with Gasteiger partial charge in [0.1, 0.15) is 0 Å². The van der Waals surface area contributed by atoms with Crippen molar-refractivity contribution in [1.29, 1.82) is 0 Å². The molecular weight excluding hydrogens is 192 g/mol. The molecule has 0 aliphatic rings. The molecule has 0 saturated carbocycles. The molecule has 0 spiro atoms. The Balaban J connectivity index is 2.84. The molecule has 0 heterocycles. The summed E-state index contributed by atoms with van der Waals surface area (Å²) in [5.74, 6) is 1.20. The van der Waals surface area contributed by atoms with Crippen LogP contribution in [0.25, 0.3) is 6.08 Å². The van der Waals surface area contributed by atoms with Gasteiger partial charge >= 0.3 is 0 Å². The van der Waals surface area contributed by atoms with Gasteiger partial charge in [-0.3, -0.25) is 0 Å². The summed E-state index contributed by atoms with van der Waals surface area (Å²) in [5, 5.41) is 0. The Morgan fingerprint density at radius 2 is 1.86 bits per heavy atom. The van der Waals surface area contributed by atoms with Gasteiger partial charge in [-0.15, -0.1) is 11.6 Å². The zero-order chi connectivity index (χ0) is 10.6. The van der Waals surface area contributed by atoms with Crippen LogP contribution in [0, 0.1) is 0 Å². The molecule has 0 bridgehead atoms. The van der Waals surface area contributed by atoms with E-state index in [4.69, 9.17) is 11.6 Å². The Kier molecular flexibility index (Phi) is 4.21. The van der Waals surface area contributed by atoms with Crippen LogP contribution >= 0.6 is 11.6 Å². The third kappa shape index (κ3) is 3.19. The number of halogens is 1. The van der Waals surface area contributed by atoms with E-state index in [1.54, 1.807) is 0 Å². The molecule has 0 radical (unpaired) electrons. The van der Waals surface area contributed by atoms with Crippen LogP contribution in [0.15, 0.2) is 29.8 Å². The topological polar surface area (TPSA) is 0 Å². The molecule has 1 aromatic carbocycles. The first-order chi connectivity index (χ1) is 6.63. The van der Waals surface area contributed by atoms with Gasteiger partial charge in [0.2, 0.25) is 0 Å². The number of alkyl halides is 1. The van der Waals surface area contributed by atoms with Crippen molar-refractivity contribution in [3.05, 3.63) is 41.0 Å². The molecule has 0 fully saturated rings. The predicted octanol–water partition coefficient (Wildman–Crippen LogP) is 4.45. The summed E-state index contributed by atoms with van der Waals surface area (Å²) in [7, 11) is 0. The summed E-state index contributed by atoms with van der Waals surface area (Å²) in [5.41, 5.74) is 3.81. The normalized spacial score (nSPS) is 12.2. The average Bonchev–Trinajstić information content (AvgIpc) is 2.18. The second-order valence-corrected chi connectivity index (χ2v) is 4.21. The van der Waals surface area contributed by atoms with Gasteiger partial charge < -0.3 is 0 Å². The minimum atomic E-state index is 0.599. The van der Waals surface area contributed by atoms with Crippen LogP contribution in [0.4, 0.5) is 0 Å². The van der Waals surface area contributed by atoms with Crippen molar-refractivity contribution in [1.82, 2.24) is 0 Å². The number of hydrogen-bond acceptors (Lipinski definition) is 0. The van der Waals surface area contributed by atoms with E-state index < -0.39 is 0 Å². The fourth-order valence-electron chi connectivity index (χ4n) is 1.30. The molecule has 1 heteroatoms. The summed E-state index contributed by atoms with van der Waals surface area (Å²) in [4.78, 5) is 0. The molecule has 0 amide bonds. The molecule has 0 aromatic heterocycles. The molecule has 0 saturated heterocycles. The van der Waals surface area contributed by atoms with Gasteiger partial charge in [0, 0.05) is 5.88 Å². The Morgan fingerprint density at radius 1 is 1.29 bits per heavy atom. The van der Waals surface area contributed by atoms with Gasteiger partial charge in [-0.05, 0) is 24.0 Å². The lowest BCUT2D eigenvalue weighted by Crippen LogP contribution is -1.86. The number of benzene rings is 1. The molecule has 0 nitrogen and oxygen atoms in total. The van der Waals surface area contributed by atoms with Crippen molar-refractivity contribution in [3.8, 4) is 0 Å². The minimum absolute atomic E-state index is 0.599. The van der Waals surface area contributed by atoms with Crippen molar-refractivity contribution < 1.29 is 0 Å². The maximum Gasteiger partial charge on any atom is 0.0434 e. The lowest BCUT2D eigenvalue weighted by atomic mass is 10.0. The highest BCUT2D eigenvalue weighted by atomic mass is 35.5. The van der Waals surface area contributed by atoms with Gasteiger partial charge in [0.05, 0.1) is 0 Å². The zero-order valence-electron chi connectivity index (χ0n) is 9.05. The summed E-state index contributed by atoms with van der Waals surface area (Å²) in [6, 6.07) is 8.65. The molecule has 0 atom stereocenters. The van der Waals surface area contributed by atoms with E-state index in [9.17, 15) is 0 Å². The van der Waals surface area contributed by atoms with Crippen LogP contribution in [-0.2, 0) is 0 Å². The Morgan fingerprint density at radius 3 is 2.29 bits per heavy atom. The summed E-state index contributed by atoms with van der Waals surface area (Å²) in [6.45, 7) is 6.45. The zero-order valence-corrected chi connectivity index (χ0v) is 9.81. The highest BCUT2D eigenvalue weighted by Crippen LogP contribution is 2.16. The Bertz CT molecular complexity index is 307. The maximum atomic E-state index is 5.72. The van der Waals surface area contributed by atoms with E-state index in [0.29, 0.717) is 11.8 Å². The molecule has 76 valence electrons. The fourth-order valence-corrected chi connectivity index (χ4v) is 1.38. The smallest absolute Gasteiger partial charge is 0.0434 e. The second kappa shape index (κ2) is 5.21. The molecule has 0 N–H and O–H groups in total. The van der Waals surface area contributed by atoms with Gasteiger partial charge in [-0.1, -0.05) is 49.8 Å². The first-order valence-electron chi connectivity index (χ1n) is 4.96. The average molecular weight is 209 g/mol. The van der Waals surface area contributed by atoms with Crippen molar-refractivity contribution in [2.24, 2.45) is 0 Å². The molecule has 0 aliphatic carbocycles. The van der Waals surface area contributed by atoms with E-state index in [-0.39, 0.29) is 0 Å². The van der Waals surface area contributed by atoms with E-state index in [2.05, 4.69) is 44.2 Å². The summed E-state index contributed by atoms with van der Waals surface area (Å²) in [6.07, 6.45) is 2.12. The van der Waals surface area contributed by atoms with Crippen molar-refractivity contribution in [2.45, 2.75) is 26.7 Å². The summed E-state index contributed by atoms with van der Waals surface area (Å²) >= 11 is 5.72. The molecule has 1 aromatic rings. The van der Waals surface area contributed by atoms with Crippen LogP contribution in [0.3, 0.4) is 0 Å². The third-order valence-corrected chi connectivity index (χ3v) is 2.65. The summed E-state index contributed by atoms with van der Waals surface area (Å²) < 4.78 is 0. The van der Waals surface area contributed by atoms with Gasteiger partial charge in [-0.2, -0.15) is 0 Å². The highest BCUT2D eigenvalue weighted by molar-refractivity contribution is 6.19. The Labute approximate surface area is 91.6 Å². The van der Waals surface area contributed by atoms with Crippen LogP contribution in [-0.4, -0.2) is 5.88 Å². The quantitative estimate of drug-likeness (QED) is 0.644. The van der Waals surface area contributed by atoms with E-state index in [0.717, 1.165) is 0 Å². The second-order valence-electron chi connectivity index (χ2n) is 3.95. The van der Waals surface area contributed by atoms with Gasteiger partial charge in [0.25, 0.3) is 0 Å². The first-order valence-corrected chi connectivity index (χ1v) is 5.50. The Hall–Kier alpha value is -0.750. The van der Waals surface area contributed by atoms with E-state index >= 15 is 0 Å². The van der Waals surface area contributed by atoms with Gasteiger partial charge in [-0.25, -0.2) is 0 Å². The van der Waals surface area contributed by atoms with Crippen LogP contribution < -0.4 is 0 Å². The number of rotatable bonds is 3. The maximum absolute atomic E-state index is 5.72. The fraction of sp³-hybridized carbons (Fsp3) is 0.385. The molecule has 0 aliphatic heterocycles. The van der Waals surface area contributed by atoms with Crippen LogP contribution in [0.2, 0.25) is 0 Å². The SMILES string of the molecule is CC(=Cc1ccc(C(C)C)cc1)CCl. The molecule has 14 heavy (non-hydrogen) atoms. The first kappa shape index (κ1) is 11.3. The monoisotopic (exact) mass is 208 g/mol. The van der Waals surface area contributed by atoms with Gasteiger partial charge in [0.15, 0.2) is 0 Å².